The highest BCUT2D eigenvalue weighted by Crippen LogP contribution is 2.75. The Labute approximate surface area is 90.2 Å². The Kier molecular flexibility index (Phi) is 4.85. The van der Waals surface area contributed by atoms with Crippen LogP contribution in [-0.4, -0.2) is 25.1 Å². The summed E-state index contributed by atoms with van der Waals surface area (Å²) < 4.78 is 22.9. The van der Waals surface area contributed by atoms with Gasteiger partial charge in [0.25, 0.3) is 0 Å². The zero-order chi connectivity index (χ0) is 11.6. The molecule has 0 bridgehead atoms. The average Bonchev–Trinajstić information content (AvgIpc) is 1.98. The third-order valence-corrected chi connectivity index (χ3v) is 7.08. The van der Waals surface area contributed by atoms with Gasteiger partial charge in [-0.3, -0.25) is 9.13 Å². The van der Waals surface area contributed by atoms with Crippen molar-refractivity contribution in [3.63, 3.8) is 0 Å². The monoisotopic (exact) mass is 284 g/mol. The van der Waals surface area contributed by atoms with E-state index < -0.39 is 25.6 Å². The van der Waals surface area contributed by atoms with Crippen LogP contribution in [0.5, 0.6) is 0 Å². The highest BCUT2D eigenvalue weighted by Gasteiger charge is 2.59. The van der Waals surface area contributed by atoms with E-state index in [1.165, 1.54) is 0 Å². The molecule has 0 aliphatic heterocycles. The van der Waals surface area contributed by atoms with Gasteiger partial charge < -0.3 is 19.2 Å². The molecule has 0 aliphatic carbocycles. The van der Waals surface area contributed by atoms with Crippen molar-refractivity contribution in [1.82, 2.24) is 0 Å². The van der Waals surface area contributed by atoms with Crippen LogP contribution in [0.2, 0.25) is 0 Å². The van der Waals surface area contributed by atoms with Gasteiger partial charge in [0.2, 0.25) is 0 Å². The van der Waals surface area contributed by atoms with Crippen molar-refractivity contribution >= 4 is 38.4 Å². The van der Waals surface area contributed by atoms with Crippen molar-refractivity contribution in [2.45, 2.75) is 3.82 Å². The zero-order valence-corrected chi connectivity index (χ0v) is 10.0. The molecule has 0 aromatic heterocycles. The number of hydrogen-bond donors (Lipinski definition) is 3. The van der Waals surface area contributed by atoms with Gasteiger partial charge >= 0.3 is 19.0 Å². The molecule has 0 amide bonds. The lowest BCUT2D eigenvalue weighted by atomic mass is 10.7. The summed E-state index contributed by atoms with van der Waals surface area (Å²) in [7, 11) is -10.0. The molecule has 84 valence electrons. The SMILES string of the molecule is C=CCOP(=O)(O)C(Cl)(Cl)P(=O)(O)O. The van der Waals surface area contributed by atoms with Gasteiger partial charge in [-0.05, 0) is 0 Å². The van der Waals surface area contributed by atoms with Crippen LogP contribution in [0.15, 0.2) is 12.7 Å². The van der Waals surface area contributed by atoms with Crippen molar-refractivity contribution in [1.29, 1.82) is 0 Å². The Morgan fingerprint density at radius 2 is 1.79 bits per heavy atom. The lowest BCUT2D eigenvalue weighted by Gasteiger charge is -2.24. The summed E-state index contributed by atoms with van der Waals surface area (Å²) in [4.78, 5) is 26.2. The topological polar surface area (TPSA) is 104 Å². The third kappa shape index (κ3) is 3.05. The summed E-state index contributed by atoms with van der Waals surface area (Å²) in [5, 5.41) is 0. The molecule has 1 atom stereocenters. The molecule has 6 nitrogen and oxygen atoms in total. The lowest BCUT2D eigenvalue weighted by Crippen LogP contribution is -2.15. The van der Waals surface area contributed by atoms with Gasteiger partial charge in [-0.15, -0.1) is 6.58 Å². The Hall–Kier alpha value is 0.620. The van der Waals surface area contributed by atoms with Gasteiger partial charge in [-0.1, -0.05) is 29.3 Å². The highest BCUT2D eigenvalue weighted by molar-refractivity contribution is 7.78. The molecule has 0 saturated heterocycles. The normalized spacial score (nSPS) is 17.5. The van der Waals surface area contributed by atoms with Gasteiger partial charge in [0.1, 0.15) is 0 Å². The predicted molar refractivity (Wildman–Crippen MR) is 52.5 cm³/mol. The van der Waals surface area contributed by atoms with E-state index in [2.05, 4.69) is 11.1 Å². The van der Waals surface area contributed by atoms with E-state index in [0.29, 0.717) is 0 Å². The van der Waals surface area contributed by atoms with E-state index in [1.807, 2.05) is 0 Å². The van der Waals surface area contributed by atoms with Crippen LogP contribution in [0.25, 0.3) is 0 Å². The summed E-state index contributed by atoms with van der Waals surface area (Å²) in [6.45, 7) is 2.76. The van der Waals surface area contributed by atoms with Crippen molar-refractivity contribution in [3.8, 4) is 0 Å². The first-order valence-electron chi connectivity index (χ1n) is 3.08. The second-order valence-corrected chi connectivity index (χ2v) is 8.62. The van der Waals surface area contributed by atoms with Gasteiger partial charge in [-0.25, -0.2) is 0 Å². The van der Waals surface area contributed by atoms with E-state index in [4.69, 9.17) is 37.9 Å². The molecule has 0 saturated carbocycles. The number of hydrogen-bond acceptors (Lipinski definition) is 3. The number of rotatable bonds is 5. The van der Waals surface area contributed by atoms with Crippen molar-refractivity contribution < 1.29 is 28.3 Å². The van der Waals surface area contributed by atoms with E-state index in [9.17, 15) is 9.13 Å². The quantitative estimate of drug-likeness (QED) is 0.403. The minimum absolute atomic E-state index is 0.408. The molecule has 0 heterocycles. The Morgan fingerprint density at radius 1 is 1.36 bits per heavy atom. The van der Waals surface area contributed by atoms with Crippen LogP contribution in [0.3, 0.4) is 0 Å². The summed E-state index contributed by atoms with van der Waals surface area (Å²) in [6.07, 6.45) is 1.10. The largest absolute Gasteiger partial charge is 0.376 e. The molecule has 14 heavy (non-hydrogen) atoms. The van der Waals surface area contributed by atoms with Gasteiger partial charge in [0.15, 0.2) is 0 Å². The first kappa shape index (κ1) is 14.6. The minimum atomic E-state index is -5.17. The minimum Gasteiger partial charge on any atom is -0.322 e. The number of alkyl halides is 2. The lowest BCUT2D eigenvalue weighted by molar-refractivity contribution is 0.281. The van der Waals surface area contributed by atoms with E-state index in [1.54, 1.807) is 0 Å². The molecular formula is C4H8Cl2O6P2. The fourth-order valence-corrected chi connectivity index (χ4v) is 2.64. The van der Waals surface area contributed by atoms with Crippen LogP contribution < -0.4 is 0 Å². The second kappa shape index (κ2) is 4.64. The van der Waals surface area contributed by atoms with Gasteiger partial charge in [0, 0.05) is 0 Å². The summed E-state index contributed by atoms with van der Waals surface area (Å²) in [6, 6.07) is 0. The maximum absolute atomic E-state index is 11.2. The van der Waals surface area contributed by atoms with Crippen molar-refractivity contribution in [3.05, 3.63) is 12.7 Å². The van der Waals surface area contributed by atoms with E-state index in [0.717, 1.165) is 6.08 Å². The fourth-order valence-electron chi connectivity index (χ4n) is 0.396. The summed E-state index contributed by atoms with van der Waals surface area (Å²) in [5.41, 5.74) is 0. The molecule has 0 aromatic rings. The van der Waals surface area contributed by atoms with Crippen LogP contribution in [-0.2, 0) is 13.7 Å². The number of halogens is 2. The standard InChI is InChI=1S/C4H8Cl2O6P2/c1-2-3-12-14(10,11)4(5,6)13(7,8)9/h2H,1,3H2,(H,10,11)(H2,7,8,9). The van der Waals surface area contributed by atoms with Gasteiger partial charge in [-0.2, -0.15) is 0 Å². The second-order valence-electron chi connectivity index (χ2n) is 2.16. The maximum atomic E-state index is 11.2. The Morgan fingerprint density at radius 3 is 2.07 bits per heavy atom. The first-order chi connectivity index (χ1) is 6.06. The van der Waals surface area contributed by atoms with Crippen molar-refractivity contribution in [2.75, 3.05) is 6.61 Å². The zero-order valence-electron chi connectivity index (χ0n) is 6.71. The Bertz CT molecular complexity index is 309. The fraction of sp³-hybridized carbons (Fsp3) is 0.500. The van der Waals surface area contributed by atoms with Crippen LogP contribution >= 0.6 is 38.4 Å². The van der Waals surface area contributed by atoms with E-state index >= 15 is 0 Å². The smallest absolute Gasteiger partial charge is 0.322 e. The molecule has 1 unspecified atom stereocenters. The van der Waals surface area contributed by atoms with E-state index in [-0.39, 0.29) is 0 Å². The molecule has 0 aliphatic rings. The molecule has 0 rings (SSSR count). The molecule has 10 heteroatoms. The van der Waals surface area contributed by atoms with Crippen LogP contribution in [0.4, 0.5) is 0 Å². The molecule has 3 N–H and O–H groups in total. The third-order valence-electron chi connectivity index (χ3n) is 1.06. The average molecular weight is 285 g/mol. The summed E-state index contributed by atoms with van der Waals surface area (Å²) >= 11 is 10.1. The summed E-state index contributed by atoms with van der Waals surface area (Å²) in [5.74, 6) is 0. The van der Waals surface area contributed by atoms with Crippen LogP contribution in [0.1, 0.15) is 0 Å². The molecule has 0 aromatic carbocycles. The maximum Gasteiger partial charge on any atom is 0.376 e. The van der Waals surface area contributed by atoms with Crippen LogP contribution in [0, 0.1) is 0 Å². The molecule has 0 spiro atoms. The molecule has 0 radical (unpaired) electrons. The predicted octanol–water partition coefficient (Wildman–Crippen LogP) is 1.64. The first-order valence-corrected chi connectivity index (χ1v) is 7.02. The molecular weight excluding hydrogens is 277 g/mol. The Balaban J connectivity index is 4.98. The highest BCUT2D eigenvalue weighted by atomic mass is 35.5. The van der Waals surface area contributed by atoms with Crippen molar-refractivity contribution in [2.24, 2.45) is 0 Å². The molecule has 0 fully saturated rings. The van der Waals surface area contributed by atoms with Gasteiger partial charge in [0.05, 0.1) is 6.61 Å².